The van der Waals surface area contributed by atoms with Gasteiger partial charge in [0.2, 0.25) is 11.8 Å². The lowest BCUT2D eigenvalue weighted by molar-refractivity contribution is -0.139. The quantitative estimate of drug-likeness (QED) is 0.514. The van der Waals surface area contributed by atoms with Crippen LogP contribution in [-0.2, 0) is 14.3 Å². The summed E-state index contributed by atoms with van der Waals surface area (Å²) < 4.78 is 6.51. The predicted octanol–water partition coefficient (Wildman–Crippen LogP) is 4.67. The highest BCUT2D eigenvalue weighted by Crippen LogP contribution is 2.29. The van der Waals surface area contributed by atoms with E-state index in [1.54, 1.807) is 28.9 Å². The lowest BCUT2D eigenvalue weighted by atomic mass is 10.1. The lowest BCUT2D eigenvalue weighted by Crippen LogP contribution is -2.44. The minimum Gasteiger partial charge on any atom is -0.375 e. The van der Waals surface area contributed by atoms with Gasteiger partial charge in [-0.3, -0.25) is 9.59 Å². The van der Waals surface area contributed by atoms with Crippen LogP contribution in [-0.4, -0.2) is 52.8 Å². The number of amides is 2. The number of benzene rings is 2. The van der Waals surface area contributed by atoms with Gasteiger partial charge < -0.3 is 15.0 Å². The zero-order valence-electron chi connectivity index (χ0n) is 18.0. The summed E-state index contributed by atoms with van der Waals surface area (Å²) in [5.41, 5.74) is 2.19. The summed E-state index contributed by atoms with van der Waals surface area (Å²) in [6.07, 6.45) is 0. The molecule has 0 fully saturated rings. The highest BCUT2D eigenvalue weighted by Gasteiger charge is 2.21. The highest BCUT2D eigenvalue weighted by molar-refractivity contribution is 6.42. The minimum absolute atomic E-state index is 0.0924. The second kappa shape index (κ2) is 10.6. The number of hydrogen-bond acceptors (Lipinski definition) is 4. The fourth-order valence-electron chi connectivity index (χ4n) is 3.14. The van der Waals surface area contributed by atoms with E-state index in [1.165, 1.54) is 12.0 Å². The van der Waals surface area contributed by atoms with Crippen molar-refractivity contribution in [3.8, 4) is 16.9 Å². The number of hydrogen-bond donors (Lipinski definition) is 1. The van der Waals surface area contributed by atoms with Crippen molar-refractivity contribution >= 4 is 40.8 Å². The van der Waals surface area contributed by atoms with E-state index in [1.807, 2.05) is 44.2 Å². The van der Waals surface area contributed by atoms with Crippen LogP contribution in [0.1, 0.15) is 13.8 Å². The van der Waals surface area contributed by atoms with E-state index in [-0.39, 0.29) is 31.0 Å². The molecule has 0 saturated carbocycles. The highest BCUT2D eigenvalue weighted by atomic mass is 35.5. The number of anilines is 1. The normalized spacial score (nSPS) is 10.9. The molecule has 3 aromatic rings. The van der Waals surface area contributed by atoms with Crippen molar-refractivity contribution in [3.05, 3.63) is 64.6 Å². The largest absolute Gasteiger partial charge is 0.375 e. The molecule has 1 aromatic heterocycles. The summed E-state index contributed by atoms with van der Waals surface area (Å²) >= 11 is 12.3. The fraction of sp³-hybridized carbons (Fsp3) is 0.261. The van der Waals surface area contributed by atoms with Gasteiger partial charge >= 0.3 is 0 Å². The Bertz CT molecular complexity index is 1100. The first-order valence-electron chi connectivity index (χ1n) is 9.99. The van der Waals surface area contributed by atoms with Gasteiger partial charge in [-0.2, -0.15) is 5.10 Å². The van der Waals surface area contributed by atoms with Gasteiger partial charge in [-0.1, -0.05) is 53.5 Å². The average Bonchev–Trinajstić information content (AvgIpc) is 3.18. The predicted molar refractivity (Wildman–Crippen MR) is 126 cm³/mol. The van der Waals surface area contributed by atoms with Crippen LogP contribution in [0.4, 0.5) is 5.82 Å². The summed E-state index contributed by atoms with van der Waals surface area (Å²) in [6.45, 7) is 3.47. The Labute approximate surface area is 196 Å². The van der Waals surface area contributed by atoms with Crippen molar-refractivity contribution in [2.24, 2.45) is 0 Å². The molecule has 7 nitrogen and oxygen atoms in total. The number of nitrogens with one attached hydrogen (secondary N) is 1. The molecule has 3 rings (SSSR count). The molecule has 0 aliphatic carbocycles. The number of ether oxygens (including phenoxy) is 1. The van der Waals surface area contributed by atoms with Gasteiger partial charge in [0, 0.05) is 24.8 Å². The third-order valence-electron chi connectivity index (χ3n) is 4.72. The van der Waals surface area contributed by atoms with Gasteiger partial charge in [0.05, 0.1) is 21.4 Å². The van der Waals surface area contributed by atoms with Crippen LogP contribution in [0.5, 0.6) is 0 Å². The maximum absolute atomic E-state index is 12.9. The molecule has 32 heavy (non-hydrogen) atoms. The van der Waals surface area contributed by atoms with Gasteiger partial charge in [0.15, 0.2) is 0 Å². The second-order valence-corrected chi connectivity index (χ2v) is 8.20. The molecule has 1 N–H and O–H groups in total. The van der Waals surface area contributed by atoms with Crippen LogP contribution >= 0.6 is 23.2 Å². The minimum atomic E-state index is -0.357. The molecule has 0 unspecified atom stereocenters. The van der Waals surface area contributed by atoms with E-state index < -0.39 is 0 Å². The summed E-state index contributed by atoms with van der Waals surface area (Å²) in [5.74, 6) is -0.181. The molecule has 0 aliphatic rings. The number of nitrogens with zero attached hydrogens (tertiary/aromatic N) is 3. The first-order valence-corrected chi connectivity index (χ1v) is 10.7. The van der Waals surface area contributed by atoms with Gasteiger partial charge in [0.1, 0.15) is 19.0 Å². The van der Waals surface area contributed by atoms with E-state index in [0.29, 0.717) is 27.2 Å². The molecule has 0 spiro atoms. The van der Waals surface area contributed by atoms with Gasteiger partial charge in [-0.05, 0) is 32.0 Å². The Morgan fingerprint density at radius 1 is 1.09 bits per heavy atom. The molecule has 0 radical (unpaired) electrons. The molecule has 9 heteroatoms. The smallest absolute Gasteiger partial charge is 0.249 e. The number of methoxy groups -OCH3 is 1. The van der Waals surface area contributed by atoms with E-state index in [2.05, 4.69) is 10.4 Å². The van der Waals surface area contributed by atoms with Crippen LogP contribution in [0.2, 0.25) is 10.0 Å². The molecule has 0 saturated heterocycles. The van der Waals surface area contributed by atoms with Crippen molar-refractivity contribution in [3.63, 3.8) is 0 Å². The van der Waals surface area contributed by atoms with E-state index in [9.17, 15) is 9.59 Å². The Balaban J connectivity index is 1.93. The van der Waals surface area contributed by atoms with Crippen molar-refractivity contribution in [1.82, 2.24) is 14.7 Å². The van der Waals surface area contributed by atoms with Crippen molar-refractivity contribution < 1.29 is 14.3 Å². The Kier molecular flexibility index (Phi) is 7.90. The Morgan fingerprint density at radius 2 is 1.81 bits per heavy atom. The van der Waals surface area contributed by atoms with Crippen molar-refractivity contribution in [2.75, 3.05) is 25.6 Å². The fourth-order valence-corrected chi connectivity index (χ4v) is 3.43. The Morgan fingerprint density at radius 3 is 2.44 bits per heavy atom. The molecular weight excluding hydrogens is 451 g/mol. The first-order chi connectivity index (χ1) is 15.3. The van der Waals surface area contributed by atoms with Gasteiger partial charge in [-0.25, -0.2) is 4.68 Å². The van der Waals surface area contributed by atoms with Crippen LogP contribution in [0.25, 0.3) is 16.9 Å². The standard InChI is InChI=1S/C23H24Cl2N4O3/c1-15(2)28(23(31)14-32-3)13-22(30)26-21-12-20(16-7-5-4-6-8-16)27-29(21)17-9-10-18(24)19(25)11-17/h4-12,15H,13-14H2,1-3H3,(H,26,30). The second-order valence-electron chi connectivity index (χ2n) is 7.39. The number of aromatic nitrogens is 2. The average molecular weight is 475 g/mol. The summed E-state index contributed by atoms with van der Waals surface area (Å²) in [5, 5.41) is 8.31. The Hall–Kier alpha value is -2.87. The number of rotatable bonds is 8. The van der Waals surface area contributed by atoms with E-state index in [4.69, 9.17) is 27.9 Å². The van der Waals surface area contributed by atoms with Gasteiger partial charge in [0.25, 0.3) is 0 Å². The van der Waals surface area contributed by atoms with Crippen LogP contribution in [0.15, 0.2) is 54.6 Å². The molecule has 168 valence electrons. The first kappa shape index (κ1) is 23.8. The van der Waals surface area contributed by atoms with Crippen molar-refractivity contribution in [2.45, 2.75) is 19.9 Å². The van der Waals surface area contributed by atoms with Crippen LogP contribution in [0, 0.1) is 0 Å². The monoisotopic (exact) mass is 474 g/mol. The zero-order valence-corrected chi connectivity index (χ0v) is 19.5. The molecular formula is C23H24Cl2N4O3. The number of halogens is 2. The SMILES string of the molecule is COCC(=O)N(CC(=O)Nc1cc(-c2ccccc2)nn1-c1ccc(Cl)c(Cl)c1)C(C)C. The van der Waals surface area contributed by atoms with Crippen LogP contribution in [0.3, 0.4) is 0 Å². The lowest BCUT2D eigenvalue weighted by Gasteiger charge is -2.25. The summed E-state index contributed by atoms with van der Waals surface area (Å²) in [6, 6.07) is 16.3. The summed E-state index contributed by atoms with van der Waals surface area (Å²) in [7, 11) is 1.44. The van der Waals surface area contributed by atoms with Crippen LogP contribution < -0.4 is 5.32 Å². The number of carbonyl (C=O) groups excluding carboxylic acids is 2. The molecule has 0 bridgehead atoms. The molecule has 2 aromatic carbocycles. The van der Waals surface area contributed by atoms with E-state index >= 15 is 0 Å². The number of carbonyl (C=O) groups is 2. The third kappa shape index (κ3) is 5.68. The topological polar surface area (TPSA) is 76.5 Å². The molecule has 0 aliphatic heterocycles. The molecule has 1 heterocycles. The van der Waals surface area contributed by atoms with Crippen molar-refractivity contribution in [1.29, 1.82) is 0 Å². The maximum Gasteiger partial charge on any atom is 0.249 e. The van der Waals surface area contributed by atoms with Gasteiger partial charge in [-0.15, -0.1) is 0 Å². The maximum atomic E-state index is 12.9. The molecule has 0 atom stereocenters. The zero-order chi connectivity index (χ0) is 23.3. The molecule has 2 amide bonds. The summed E-state index contributed by atoms with van der Waals surface area (Å²) in [4.78, 5) is 26.6. The third-order valence-corrected chi connectivity index (χ3v) is 5.46. The van der Waals surface area contributed by atoms with E-state index in [0.717, 1.165) is 5.56 Å².